The number of aryl methyl sites for hydroxylation is 8. The number of azide groups is 1. The molecule has 0 amide bonds. The fraction of sp³-hybridized carbons (Fsp3) is 0.604. The molecule has 0 spiro atoms. The number of allylic oxidation sites excluding steroid dienone is 6. The lowest BCUT2D eigenvalue weighted by Gasteiger charge is -2.32. The minimum atomic E-state index is -1.37. The van der Waals surface area contributed by atoms with Crippen molar-refractivity contribution < 1.29 is 33.3 Å². The van der Waals surface area contributed by atoms with E-state index in [2.05, 4.69) is 214 Å². The van der Waals surface area contributed by atoms with Gasteiger partial charge in [-0.05, 0) is 311 Å². The second-order valence-corrected chi connectivity index (χ2v) is 44.4. The highest BCUT2D eigenvalue weighted by Crippen LogP contribution is 2.43. The number of esters is 2. The summed E-state index contributed by atoms with van der Waals surface area (Å²) in [4.78, 5) is 49.8. The number of rotatable bonds is 57. The second-order valence-electron chi connectivity index (χ2n) is 38.3. The van der Waals surface area contributed by atoms with Crippen LogP contribution in [-0.2, 0) is 64.9 Å². The van der Waals surface area contributed by atoms with E-state index in [1.54, 1.807) is 45.3 Å². The van der Waals surface area contributed by atoms with E-state index >= 15 is 0 Å². The Labute approximate surface area is 898 Å². The van der Waals surface area contributed by atoms with Crippen LogP contribution >= 0.6 is 121 Å². The highest BCUT2D eigenvalue weighted by atomic mass is 32.1. The first-order valence-corrected chi connectivity index (χ1v) is 58.4. The molecule has 5 aliphatic rings. The minimum Gasteiger partial charge on any atom is -0.465 e. The van der Waals surface area contributed by atoms with Crippen LogP contribution in [0.25, 0.3) is 21.6 Å². The maximum Gasteiger partial charge on any atom is 0.310 e. The minimum absolute atomic E-state index is 0.0595. The molecule has 0 saturated carbocycles. The van der Waals surface area contributed by atoms with Crippen molar-refractivity contribution in [3.05, 3.63) is 226 Å². The lowest BCUT2D eigenvalue weighted by Crippen LogP contribution is -2.39. The quantitative estimate of drug-likeness (QED) is 0.00393. The fourth-order valence-electron chi connectivity index (χ4n) is 19.7. The third-order valence-corrected chi connectivity index (χ3v) is 34.5. The highest BCUT2D eigenvalue weighted by molar-refractivity contribution is 7.85. The Balaban J connectivity index is 0.000000497. The SMILES string of the molecule is C/C=C(S)\C(=C/CCN1CCC[C@H](COCCCn2cc(C(c3cn(CCCOC[C@H]4CCCN(CC/C=C(CS)\C(S)=C/C)C4)nn3)(c3cn(CCCOC[C@H]4CCCN(CC/C=C(CS)\C(S)=C/C)C4)nn3)c3cn(CCCOC(=O)[C@H]4CCCN(CCC=C(c5sccc5C)c5sccc5C)C4)nn3)nn2)C1)CS.Cc1ccsc1C(=CCCN1CCC[C@@H](C(=O)OCCCN=[N+]=[N-])C1)c1sccc1C. The number of piperidine rings is 5. The largest absolute Gasteiger partial charge is 0.465 e. The molecule has 13 heterocycles. The van der Waals surface area contributed by atoms with Gasteiger partial charge >= 0.3 is 11.9 Å². The molecule has 13 rings (SSSR count). The van der Waals surface area contributed by atoms with Crippen molar-refractivity contribution in [2.45, 2.75) is 208 Å². The maximum atomic E-state index is 13.9. The molecule has 0 aliphatic carbocycles. The smallest absolute Gasteiger partial charge is 0.310 e. The van der Waals surface area contributed by atoms with E-state index in [0.29, 0.717) is 156 Å². The number of thiophene rings is 4. The Hall–Kier alpha value is -6.69. The van der Waals surface area contributed by atoms with E-state index in [4.69, 9.17) is 70.5 Å². The van der Waals surface area contributed by atoms with Gasteiger partial charge in [-0.1, -0.05) is 74.6 Å². The van der Waals surface area contributed by atoms with Crippen molar-refractivity contribution in [1.82, 2.24) is 84.5 Å². The number of hydrogen-bond donors (Lipinski definition) is 6. The Morgan fingerprint density at radius 3 is 0.986 bits per heavy atom. The Kier molecular flexibility index (Phi) is 50.4. The van der Waals surface area contributed by atoms with Crippen molar-refractivity contribution in [3.63, 3.8) is 0 Å². The van der Waals surface area contributed by atoms with Gasteiger partial charge in [0.1, 0.15) is 22.8 Å². The predicted octanol–water partition coefficient (Wildman–Crippen LogP) is 21.1. The normalized spacial score (nSPS) is 18.9. The van der Waals surface area contributed by atoms with E-state index < -0.39 is 5.41 Å². The summed E-state index contributed by atoms with van der Waals surface area (Å²) in [7, 11) is 0. The molecule has 0 bridgehead atoms. The zero-order valence-electron chi connectivity index (χ0n) is 85.1. The van der Waals surface area contributed by atoms with Crippen LogP contribution < -0.4 is 0 Å². The summed E-state index contributed by atoms with van der Waals surface area (Å²) >= 11 is 34.8. The molecule has 5 fully saturated rings. The summed E-state index contributed by atoms with van der Waals surface area (Å²) < 4.78 is 38.3. The van der Waals surface area contributed by atoms with Gasteiger partial charge in [-0.3, -0.25) is 28.3 Å². The van der Waals surface area contributed by atoms with Crippen molar-refractivity contribution in [2.24, 2.45) is 34.7 Å². The first kappa shape index (κ1) is 115. The van der Waals surface area contributed by atoms with Gasteiger partial charge < -0.3 is 48.2 Å². The summed E-state index contributed by atoms with van der Waals surface area (Å²) in [5, 5.41) is 51.4. The zero-order valence-corrected chi connectivity index (χ0v) is 93.7. The number of thiol groups is 6. The standard InChI is InChI=1S/C83H124N16O5S8.C23H30N4O2S2/c1-6-73(108)69(60-105)25-13-34-92-31-9-21-65(49-92)57-101-43-17-39-96-53-76(84-88-96)83(77-54-97(89-85-77)40-18-44-102-58-66-22-10-32-93(50-66)35-14-26-70(61-106)74(109)7-2,78-55-98(90-86-78)41-19-45-103-59-67-23-11-33-94(51-67)36-15-27-71(62-107)75(110)8-3)79-56-99(91-87-79)42-20-46-104-82(100)68-24-12-37-95(52-68)38-16-28-72(80-63(4)29-47-111-80)81-64(5)30-48-112-81;1-17-8-14-30-21(17)20(22-18(2)9-15-31-22)7-4-12-27-11-3-6-19(16-27)23(28)29-13-5-10-25-26-24/h6-8,25-30,47-48,53-56,65-68,105-110H,9-24,31-46,49-52,57-62H2,1-5H3;7-9,14-15,19H,3-6,10-13,16H2,1-2H3/b69-25-,70-26-,71-27-,73-6+,74-7+,75-8+;/t65-,66-,67-,68-;19-/m01/s1. The van der Waals surface area contributed by atoms with Crippen LogP contribution in [0.1, 0.15) is 214 Å². The van der Waals surface area contributed by atoms with E-state index in [1.807, 2.05) is 82.5 Å². The average molecular weight is 2140 g/mol. The molecule has 143 heavy (non-hydrogen) atoms. The molecule has 37 heteroatoms. The monoisotopic (exact) mass is 2140 g/mol. The van der Waals surface area contributed by atoms with E-state index in [0.717, 1.165) is 222 Å². The van der Waals surface area contributed by atoms with Crippen LogP contribution in [0.3, 0.4) is 0 Å². The number of hydrogen-bond acceptors (Lipinski definition) is 31. The number of carbonyl (C=O) groups excluding carboxylic acids is 2. The van der Waals surface area contributed by atoms with E-state index in [-0.39, 0.29) is 30.4 Å². The number of aromatic nitrogens is 12. The Bertz CT molecular complexity index is 5150. The van der Waals surface area contributed by atoms with Gasteiger partial charge in [-0.2, -0.15) is 37.9 Å². The number of ether oxygens (including phenoxy) is 5. The van der Waals surface area contributed by atoms with Gasteiger partial charge in [-0.25, -0.2) is 0 Å². The highest BCUT2D eigenvalue weighted by Gasteiger charge is 2.49. The molecule has 0 radical (unpaired) electrons. The van der Waals surface area contributed by atoms with Gasteiger partial charge in [0, 0.05) is 192 Å². The van der Waals surface area contributed by atoms with Crippen LogP contribution in [0, 0.1) is 57.3 Å². The van der Waals surface area contributed by atoms with Crippen LogP contribution in [0.2, 0.25) is 0 Å². The zero-order chi connectivity index (χ0) is 101. The van der Waals surface area contributed by atoms with Crippen molar-refractivity contribution in [2.75, 3.05) is 175 Å². The van der Waals surface area contributed by atoms with E-state index in [1.165, 1.54) is 69.6 Å². The molecule has 8 aromatic heterocycles. The molecule has 0 aromatic carbocycles. The molecular weight excluding hydrogens is 1990 g/mol. The summed E-state index contributed by atoms with van der Waals surface area (Å²) in [6.07, 6.45) is 44.2. The molecular formula is C106H154N20O7S10. The maximum absolute atomic E-state index is 13.9. The van der Waals surface area contributed by atoms with E-state index in [9.17, 15) is 9.59 Å². The molecule has 8 aromatic rings. The second kappa shape index (κ2) is 62.7. The van der Waals surface area contributed by atoms with Crippen molar-refractivity contribution in [1.29, 1.82) is 0 Å². The van der Waals surface area contributed by atoms with Gasteiger partial charge in [-0.15, -0.1) is 104 Å². The lowest BCUT2D eigenvalue weighted by atomic mass is 9.76. The van der Waals surface area contributed by atoms with Gasteiger partial charge in [0.05, 0.1) is 69.7 Å². The average Bonchev–Trinajstić information content (AvgIpc) is 1.58. The van der Waals surface area contributed by atoms with Crippen molar-refractivity contribution >= 4 is 144 Å². The molecule has 5 aliphatic heterocycles. The molecule has 5 saturated heterocycles. The van der Waals surface area contributed by atoms with Crippen LogP contribution in [0.4, 0.5) is 0 Å². The first-order valence-electron chi connectivity index (χ1n) is 51.7. The predicted molar refractivity (Wildman–Crippen MR) is 604 cm³/mol. The third kappa shape index (κ3) is 35.8. The molecule has 5 atom stereocenters. The Morgan fingerprint density at radius 2 is 0.699 bits per heavy atom. The van der Waals surface area contributed by atoms with Gasteiger partial charge in [0.2, 0.25) is 0 Å². The van der Waals surface area contributed by atoms with Crippen LogP contribution in [-0.4, -0.2) is 271 Å². The summed E-state index contributed by atoms with van der Waals surface area (Å²) in [5.74, 6) is 2.95. The topological polar surface area (TPSA) is 268 Å². The molecule has 0 N–H and O–H groups in total. The van der Waals surface area contributed by atoms with Gasteiger partial charge in [0.15, 0.2) is 5.41 Å². The fourth-order valence-corrected chi connectivity index (χ4v) is 25.5. The lowest BCUT2D eigenvalue weighted by molar-refractivity contribution is -0.151. The summed E-state index contributed by atoms with van der Waals surface area (Å²) in [5.41, 5.74) is 20.6. The Morgan fingerprint density at radius 1 is 0.413 bits per heavy atom. The number of nitrogens with zero attached hydrogens (tertiary/aromatic N) is 20. The van der Waals surface area contributed by atoms with Gasteiger partial charge in [0.25, 0.3) is 0 Å². The summed E-state index contributed by atoms with van der Waals surface area (Å²) in [6, 6.07) is 8.78. The first-order chi connectivity index (χ1) is 69.8. The number of likely N-dealkylation sites (tertiary alicyclic amines) is 5. The summed E-state index contributed by atoms with van der Waals surface area (Å²) in [6.45, 7) is 36.4. The molecule has 0 unspecified atom stereocenters. The molecule has 27 nitrogen and oxygen atoms in total. The number of carbonyl (C=O) groups is 2. The van der Waals surface area contributed by atoms with Crippen LogP contribution in [0.15, 0.2) is 156 Å². The molecule has 780 valence electrons. The van der Waals surface area contributed by atoms with Crippen molar-refractivity contribution in [3.8, 4) is 0 Å². The third-order valence-electron chi connectivity index (χ3n) is 27.6. The van der Waals surface area contributed by atoms with Crippen LogP contribution in [0.5, 0.6) is 0 Å².